The van der Waals surface area contributed by atoms with Crippen molar-refractivity contribution >= 4 is 27.0 Å². The molecule has 2 aromatic rings. The first-order valence-electron chi connectivity index (χ1n) is 7.43. The average Bonchev–Trinajstić information content (AvgIpc) is 2.81. The van der Waals surface area contributed by atoms with Crippen molar-refractivity contribution in [3.8, 4) is 0 Å². The molecule has 0 aromatic carbocycles. The number of nitrogens with zero attached hydrogens (tertiary/aromatic N) is 4. The molecule has 3 heterocycles. The second-order valence-electron chi connectivity index (χ2n) is 5.78. The van der Waals surface area contributed by atoms with Crippen LogP contribution in [0.25, 0.3) is 11.0 Å². The number of piperidine rings is 1. The number of primary amides is 1. The highest BCUT2D eigenvalue weighted by Gasteiger charge is 2.37. The summed E-state index contributed by atoms with van der Waals surface area (Å²) in [5.41, 5.74) is 6.70. The van der Waals surface area contributed by atoms with Crippen LogP contribution < -0.4 is 5.73 Å². The molecule has 0 aliphatic carbocycles. The van der Waals surface area contributed by atoms with E-state index in [4.69, 9.17) is 5.73 Å². The minimum absolute atomic E-state index is 0.0641. The third-order valence-electron chi connectivity index (χ3n) is 4.23. The van der Waals surface area contributed by atoms with Gasteiger partial charge < -0.3 is 5.73 Å². The summed E-state index contributed by atoms with van der Waals surface area (Å²) in [6.45, 7) is 2.09. The molecule has 8 nitrogen and oxygen atoms in total. The monoisotopic (exact) mass is 337 g/mol. The number of hydrogen-bond donors (Lipinski definition) is 1. The summed E-state index contributed by atoms with van der Waals surface area (Å²) in [4.78, 5) is 15.9. The fraction of sp³-hybridized carbons (Fsp3) is 0.500. The number of aromatic nitrogens is 3. The van der Waals surface area contributed by atoms with E-state index in [2.05, 4.69) is 10.1 Å². The number of hydrogen-bond acceptors (Lipinski definition) is 5. The molecule has 9 heteroatoms. The van der Waals surface area contributed by atoms with Crippen LogP contribution >= 0.6 is 0 Å². The summed E-state index contributed by atoms with van der Waals surface area (Å²) in [5, 5.41) is 4.92. The van der Waals surface area contributed by atoms with Gasteiger partial charge >= 0.3 is 0 Å². The SMILES string of the molecule is Cc1nn(C)c2ncc(S(=O)(=O)N3CCCC[C@H]3C(N)=O)cc12. The van der Waals surface area contributed by atoms with Gasteiger partial charge in [0.15, 0.2) is 5.65 Å². The van der Waals surface area contributed by atoms with Crippen molar-refractivity contribution in [1.29, 1.82) is 0 Å². The van der Waals surface area contributed by atoms with Crippen LogP contribution in [0.1, 0.15) is 25.0 Å². The normalized spacial score (nSPS) is 20.0. The average molecular weight is 337 g/mol. The second-order valence-corrected chi connectivity index (χ2v) is 7.67. The van der Waals surface area contributed by atoms with E-state index in [9.17, 15) is 13.2 Å². The molecule has 0 unspecified atom stereocenters. The van der Waals surface area contributed by atoms with E-state index in [0.29, 0.717) is 36.1 Å². The van der Waals surface area contributed by atoms with Crippen molar-refractivity contribution in [1.82, 2.24) is 19.1 Å². The van der Waals surface area contributed by atoms with Gasteiger partial charge in [0, 0.05) is 25.2 Å². The Morgan fingerprint density at radius 2 is 2.13 bits per heavy atom. The van der Waals surface area contributed by atoms with Crippen molar-refractivity contribution < 1.29 is 13.2 Å². The third kappa shape index (κ3) is 2.59. The van der Waals surface area contributed by atoms with Crippen LogP contribution in [0, 0.1) is 6.92 Å². The van der Waals surface area contributed by atoms with Gasteiger partial charge in [-0.1, -0.05) is 6.42 Å². The Morgan fingerprint density at radius 3 is 2.83 bits per heavy atom. The topological polar surface area (TPSA) is 111 Å². The largest absolute Gasteiger partial charge is 0.368 e. The first-order chi connectivity index (χ1) is 10.8. The van der Waals surface area contributed by atoms with Gasteiger partial charge in [-0.25, -0.2) is 13.4 Å². The molecule has 1 fully saturated rings. The maximum absolute atomic E-state index is 12.9. The number of rotatable bonds is 3. The molecule has 3 rings (SSSR count). The predicted octanol–water partition coefficient (Wildman–Crippen LogP) is 0.305. The van der Waals surface area contributed by atoms with Crippen LogP contribution in [0.2, 0.25) is 0 Å². The van der Waals surface area contributed by atoms with Gasteiger partial charge in [0.05, 0.1) is 5.69 Å². The smallest absolute Gasteiger partial charge is 0.245 e. The van der Waals surface area contributed by atoms with Crippen LogP contribution in [0.15, 0.2) is 17.2 Å². The maximum Gasteiger partial charge on any atom is 0.245 e. The number of nitrogens with two attached hydrogens (primary N) is 1. The van der Waals surface area contributed by atoms with Gasteiger partial charge in [0.2, 0.25) is 15.9 Å². The highest BCUT2D eigenvalue weighted by Crippen LogP contribution is 2.27. The van der Waals surface area contributed by atoms with Crippen LogP contribution in [-0.2, 0) is 21.9 Å². The van der Waals surface area contributed by atoms with E-state index in [1.54, 1.807) is 24.7 Å². The summed E-state index contributed by atoms with van der Waals surface area (Å²) in [7, 11) is -2.07. The third-order valence-corrected chi connectivity index (χ3v) is 6.10. The fourth-order valence-corrected chi connectivity index (χ4v) is 4.68. The zero-order chi connectivity index (χ0) is 16.8. The molecule has 0 saturated carbocycles. The number of carbonyl (C=O) groups is 1. The second kappa shape index (κ2) is 5.57. The predicted molar refractivity (Wildman–Crippen MR) is 84.0 cm³/mol. The molecule has 0 spiro atoms. The molecular formula is C14H19N5O3S. The van der Waals surface area contributed by atoms with E-state index in [-0.39, 0.29) is 4.90 Å². The lowest BCUT2D eigenvalue weighted by molar-refractivity contribution is -0.122. The lowest BCUT2D eigenvalue weighted by atomic mass is 10.0. The standard InChI is InChI=1S/C14H19N5O3S/c1-9-11-7-10(8-16-14(11)18(2)17-9)23(21,22)19-6-4-3-5-12(19)13(15)20/h7-8,12H,3-6H2,1-2H3,(H2,15,20)/t12-/m0/s1. The van der Waals surface area contributed by atoms with E-state index in [0.717, 1.165) is 6.42 Å². The van der Waals surface area contributed by atoms with Crippen molar-refractivity contribution in [3.05, 3.63) is 18.0 Å². The molecule has 2 N–H and O–H groups in total. The maximum atomic E-state index is 12.9. The van der Waals surface area contributed by atoms with Gasteiger partial charge in [-0.15, -0.1) is 0 Å². The number of sulfonamides is 1. The molecular weight excluding hydrogens is 318 g/mol. The Hall–Kier alpha value is -2.00. The molecule has 1 aliphatic rings. The summed E-state index contributed by atoms with van der Waals surface area (Å²) < 4.78 is 28.6. The number of fused-ring (bicyclic) bond motifs is 1. The Labute approximate surface area is 134 Å². The van der Waals surface area contributed by atoms with E-state index >= 15 is 0 Å². The molecule has 1 saturated heterocycles. The van der Waals surface area contributed by atoms with Gasteiger partial charge in [-0.3, -0.25) is 9.48 Å². The summed E-state index contributed by atoms with van der Waals surface area (Å²) in [5.74, 6) is -0.611. The van der Waals surface area contributed by atoms with E-state index in [1.165, 1.54) is 10.5 Å². The van der Waals surface area contributed by atoms with E-state index in [1.807, 2.05) is 0 Å². The quantitative estimate of drug-likeness (QED) is 0.866. The summed E-state index contributed by atoms with van der Waals surface area (Å²) in [6.07, 6.45) is 3.27. The zero-order valence-electron chi connectivity index (χ0n) is 13.1. The molecule has 124 valence electrons. The van der Waals surface area contributed by atoms with E-state index < -0.39 is 22.0 Å². The number of aryl methyl sites for hydroxylation is 2. The molecule has 23 heavy (non-hydrogen) atoms. The zero-order valence-corrected chi connectivity index (χ0v) is 13.9. The Balaban J connectivity index is 2.08. The summed E-state index contributed by atoms with van der Waals surface area (Å²) in [6, 6.07) is 0.770. The van der Waals surface area contributed by atoms with Crippen molar-refractivity contribution in [2.45, 2.75) is 37.1 Å². The number of pyridine rings is 1. The fourth-order valence-electron chi connectivity index (χ4n) is 3.04. The van der Waals surface area contributed by atoms with Crippen molar-refractivity contribution in [3.63, 3.8) is 0 Å². The lowest BCUT2D eigenvalue weighted by Crippen LogP contribution is -2.50. The highest BCUT2D eigenvalue weighted by atomic mass is 32.2. The number of carbonyl (C=O) groups excluding carboxylic acids is 1. The molecule has 1 aliphatic heterocycles. The van der Waals surface area contributed by atoms with Gasteiger partial charge in [0.25, 0.3) is 0 Å². The van der Waals surface area contributed by atoms with Crippen LogP contribution in [0.3, 0.4) is 0 Å². The van der Waals surface area contributed by atoms with Gasteiger partial charge in [-0.2, -0.15) is 9.40 Å². The molecule has 1 amide bonds. The Morgan fingerprint density at radius 1 is 1.39 bits per heavy atom. The van der Waals surface area contributed by atoms with Crippen LogP contribution in [-0.4, -0.2) is 46.0 Å². The Bertz CT molecular complexity index is 874. The summed E-state index contributed by atoms with van der Waals surface area (Å²) >= 11 is 0. The minimum atomic E-state index is -3.82. The van der Waals surface area contributed by atoms with Crippen LogP contribution in [0.5, 0.6) is 0 Å². The highest BCUT2D eigenvalue weighted by molar-refractivity contribution is 7.89. The van der Waals surface area contributed by atoms with Crippen LogP contribution in [0.4, 0.5) is 0 Å². The van der Waals surface area contributed by atoms with Crippen molar-refractivity contribution in [2.75, 3.05) is 6.54 Å². The van der Waals surface area contributed by atoms with Gasteiger partial charge in [0.1, 0.15) is 10.9 Å². The van der Waals surface area contributed by atoms with Gasteiger partial charge in [-0.05, 0) is 25.8 Å². The molecule has 0 radical (unpaired) electrons. The minimum Gasteiger partial charge on any atom is -0.368 e. The molecule has 1 atom stereocenters. The lowest BCUT2D eigenvalue weighted by Gasteiger charge is -2.32. The Kier molecular flexibility index (Phi) is 3.85. The first kappa shape index (κ1) is 15.9. The van der Waals surface area contributed by atoms with Crippen molar-refractivity contribution in [2.24, 2.45) is 12.8 Å². The number of amides is 1. The molecule has 0 bridgehead atoms. The molecule has 2 aromatic heterocycles. The first-order valence-corrected chi connectivity index (χ1v) is 8.87.